The van der Waals surface area contributed by atoms with E-state index < -0.39 is 0 Å². The number of hydrogen-bond acceptors (Lipinski definition) is 6. The third-order valence-electron chi connectivity index (χ3n) is 6.69. The third kappa shape index (κ3) is 3.78. The average Bonchev–Trinajstić information content (AvgIpc) is 3.18. The summed E-state index contributed by atoms with van der Waals surface area (Å²) in [5.74, 6) is 0.638. The summed E-state index contributed by atoms with van der Waals surface area (Å²) in [6.45, 7) is 3.27. The van der Waals surface area contributed by atoms with E-state index >= 15 is 0 Å². The first-order valence-corrected chi connectivity index (χ1v) is 12.4. The Kier molecular flexibility index (Phi) is 5.05. The second-order valence-electron chi connectivity index (χ2n) is 8.51. The highest BCUT2D eigenvalue weighted by Crippen LogP contribution is 2.40. The second-order valence-corrected chi connectivity index (χ2v) is 10.6. The van der Waals surface area contributed by atoms with E-state index in [1.54, 1.807) is 12.4 Å². The van der Waals surface area contributed by atoms with E-state index in [0.29, 0.717) is 17.2 Å². The number of nitrogens with zero attached hydrogens (tertiary/aromatic N) is 4. The van der Waals surface area contributed by atoms with Crippen LogP contribution in [0.2, 0.25) is 6.04 Å². The van der Waals surface area contributed by atoms with Crippen molar-refractivity contribution in [3.63, 3.8) is 0 Å². The van der Waals surface area contributed by atoms with Crippen molar-refractivity contribution in [2.75, 3.05) is 31.6 Å². The van der Waals surface area contributed by atoms with Gasteiger partial charge in [-0.1, -0.05) is 12.1 Å². The molecule has 0 saturated carbocycles. The molecule has 1 atom stereocenters. The molecule has 1 N–H and O–H groups in total. The largest absolute Gasteiger partial charge is 0.381 e. The van der Waals surface area contributed by atoms with Crippen molar-refractivity contribution in [3.05, 3.63) is 47.5 Å². The molecule has 3 aliphatic rings. The SMILES string of the molecule is O=C(c1cnc(N[C@H]2[SiH2]CCc3ncccc32)nc1)N1CCC2(CCOCC2)C1. The van der Waals surface area contributed by atoms with Crippen LogP contribution in [0.15, 0.2) is 30.7 Å². The molecule has 2 fully saturated rings. The molecule has 0 aromatic carbocycles. The Hall–Kier alpha value is -2.32. The number of anilines is 1. The summed E-state index contributed by atoms with van der Waals surface area (Å²) in [6.07, 6.45) is 9.46. The van der Waals surface area contributed by atoms with E-state index in [-0.39, 0.29) is 20.8 Å². The number of fused-ring (bicyclic) bond motifs is 1. The number of likely N-dealkylation sites (tertiary alicyclic amines) is 1. The van der Waals surface area contributed by atoms with Gasteiger partial charge in [0.05, 0.1) is 15.1 Å². The number of aryl methyl sites for hydroxylation is 1. The van der Waals surface area contributed by atoms with Gasteiger partial charge in [-0.25, -0.2) is 9.97 Å². The predicted octanol–water partition coefficient (Wildman–Crippen LogP) is 1.77. The van der Waals surface area contributed by atoms with Gasteiger partial charge < -0.3 is 15.0 Å². The maximum Gasteiger partial charge on any atom is 0.257 e. The van der Waals surface area contributed by atoms with Crippen molar-refractivity contribution < 1.29 is 9.53 Å². The number of carbonyl (C=O) groups is 1. The molecular weight excluding hydrogens is 382 g/mol. The van der Waals surface area contributed by atoms with Crippen LogP contribution in [-0.2, 0) is 11.2 Å². The van der Waals surface area contributed by atoms with E-state index in [4.69, 9.17) is 4.74 Å². The van der Waals surface area contributed by atoms with E-state index in [1.807, 2.05) is 17.2 Å². The number of aromatic nitrogens is 3. The number of carbonyl (C=O) groups excluding carboxylic acids is 1. The molecule has 0 aliphatic carbocycles. The molecule has 152 valence electrons. The number of hydrogen-bond donors (Lipinski definition) is 1. The minimum absolute atomic E-state index is 0.0431. The Bertz CT molecular complexity index is 885. The maximum atomic E-state index is 12.9. The molecule has 5 rings (SSSR count). The first kappa shape index (κ1) is 18.7. The monoisotopic (exact) mass is 409 g/mol. The molecule has 5 heterocycles. The van der Waals surface area contributed by atoms with Gasteiger partial charge in [0.15, 0.2) is 0 Å². The zero-order valence-corrected chi connectivity index (χ0v) is 18.1. The lowest BCUT2D eigenvalue weighted by Crippen LogP contribution is -2.35. The topological polar surface area (TPSA) is 80.2 Å². The molecule has 3 aliphatic heterocycles. The molecule has 0 bridgehead atoms. The van der Waals surface area contributed by atoms with E-state index in [9.17, 15) is 4.79 Å². The van der Waals surface area contributed by atoms with Gasteiger partial charge in [-0.2, -0.15) is 0 Å². The van der Waals surface area contributed by atoms with Crippen molar-refractivity contribution in [2.24, 2.45) is 5.41 Å². The zero-order valence-electron chi connectivity index (χ0n) is 16.6. The summed E-state index contributed by atoms with van der Waals surface area (Å²) in [4.78, 5) is 28.3. The average molecular weight is 410 g/mol. The zero-order chi connectivity index (χ0) is 19.7. The van der Waals surface area contributed by atoms with Crippen LogP contribution in [0.5, 0.6) is 0 Å². The van der Waals surface area contributed by atoms with Crippen molar-refractivity contribution in [3.8, 4) is 0 Å². The lowest BCUT2D eigenvalue weighted by atomic mass is 9.80. The Labute approximate surface area is 173 Å². The summed E-state index contributed by atoms with van der Waals surface area (Å²) in [7, 11) is -0.299. The van der Waals surface area contributed by atoms with E-state index in [1.165, 1.54) is 17.3 Å². The Balaban J connectivity index is 1.25. The van der Waals surface area contributed by atoms with Crippen LogP contribution in [0.1, 0.15) is 46.5 Å². The van der Waals surface area contributed by atoms with Gasteiger partial charge in [0.1, 0.15) is 0 Å². The van der Waals surface area contributed by atoms with Gasteiger partial charge in [0, 0.05) is 56.3 Å². The molecule has 0 radical (unpaired) electrons. The van der Waals surface area contributed by atoms with Crippen LogP contribution < -0.4 is 5.32 Å². The number of rotatable bonds is 3. The highest BCUT2D eigenvalue weighted by Gasteiger charge is 2.41. The van der Waals surface area contributed by atoms with Gasteiger partial charge in [0.25, 0.3) is 5.91 Å². The fraction of sp³-hybridized carbons (Fsp3) is 0.524. The molecule has 2 saturated heterocycles. The summed E-state index contributed by atoms with van der Waals surface area (Å²) >= 11 is 0. The Morgan fingerprint density at radius 2 is 2.03 bits per heavy atom. The van der Waals surface area contributed by atoms with E-state index in [0.717, 1.165) is 52.0 Å². The van der Waals surface area contributed by atoms with Crippen LogP contribution in [0.25, 0.3) is 0 Å². The molecule has 1 spiro atoms. The fourth-order valence-electron chi connectivity index (χ4n) is 4.93. The fourth-order valence-corrected chi connectivity index (χ4v) is 6.88. The summed E-state index contributed by atoms with van der Waals surface area (Å²) in [5, 5.41) is 3.48. The first-order chi connectivity index (χ1) is 14.2. The molecule has 7 nitrogen and oxygen atoms in total. The summed E-state index contributed by atoms with van der Waals surface area (Å²) in [5.41, 5.74) is 3.60. The quantitative estimate of drug-likeness (QED) is 0.779. The highest BCUT2D eigenvalue weighted by molar-refractivity contribution is 6.39. The molecule has 1 amide bonds. The van der Waals surface area contributed by atoms with Crippen molar-refractivity contribution in [2.45, 2.75) is 37.4 Å². The maximum absolute atomic E-state index is 12.9. The molecular formula is C21H27N5O2Si. The normalized spacial score (nSPS) is 23.9. The Morgan fingerprint density at radius 1 is 1.21 bits per heavy atom. The minimum Gasteiger partial charge on any atom is -0.381 e. The highest BCUT2D eigenvalue weighted by atomic mass is 28.2. The van der Waals surface area contributed by atoms with Gasteiger partial charge in [-0.05, 0) is 42.7 Å². The van der Waals surface area contributed by atoms with Gasteiger partial charge in [-0.15, -0.1) is 0 Å². The van der Waals surface area contributed by atoms with Crippen molar-refractivity contribution in [1.29, 1.82) is 0 Å². The number of amides is 1. The molecule has 8 heteroatoms. The predicted molar refractivity (Wildman–Crippen MR) is 113 cm³/mol. The first-order valence-electron chi connectivity index (χ1n) is 10.6. The molecule has 2 aromatic heterocycles. The molecule has 2 aromatic rings. The van der Waals surface area contributed by atoms with Crippen LogP contribution >= 0.6 is 0 Å². The van der Waals surface area contributed by atoms with Gasteiger partial charge >= 0.3 is 0 Å². The third-order valence-corrected chi connectivity index (χ3v) is 8.67. The van der Waals surface area contributed by atoms with Gasteiger partial charge in [-0.3, -0.25) is 9.78 Å². The number of ether oxygens (including phenoxy) is 1. The van der Waals surface area contributed by atoms with Crippen LogP contribution in [-0.4, -0.2) is 61.6 Å². The number of nitrogens with one attached hydrogen (secondary N) is 1. The standard InChI is InChI=1S/C21H27N5O2Si/c27-19(26-8-4-21(14-26)5-9-28-10-6-21)15-12-23-20(24-13-15)25-18-16-2-1-7-22-17(16)3-11-29-18/h1-2,7,12-13,18H,3-6,8-11,14,29H2,(H,23,24,25)/t18-/m0/s1. The summed E-state index contributed by atoms with van der Waals surface area (Å²) < 4.78 is 5.50. The van der Waals surface area contributed by atoms with Crippen molar-refractivity contribution >= 4 is 21.4 Å². The van der Waals surface area contributed by atoms with Gasteiger partial charge in [0.2, 0.25) is 5.95 Å². The lowest BCUT2D eigenvalue weighted by Gasteiger charge is -2.33. The molecule has 0 unspecified atom stereocenters. The lowest BCUT2D eigenvalue weighted by molar-refractivity contribution is 0.0191. The number of pyridine rings is 1. The van der Waals surface area contributed by atoms with Crippen LogP contribution in [0.3, 0.4) is 0 Å². The van der Waals surface area contributed by atoms with Crippen LogP contribution in [0.4, 0.5) is 5.95 Å². The Morgan fingerprint density at radius 3 is 2.86 bits per heavy atom. The summed E-state index contributed by atoms with van der Waals surface area (Å²) in [6, 6.07) is 5.39. The second kappa shape index (κ2) is 7.83. The smallest absolute Gasteiger partial charge is 0.257 e. The van der Waals surface area contributed by atoms with E-state index in [2.05, 4.69) is 26.3 Å². The van der Waals surface area contributed by atoms with Crippen molar-refractivity contribution in [1.82, 2.24) is 19.9 Å². The van der Waals surface area contributed by atoms with Crippen LogP contribution in [0, 0.1) is 5.41 Å². The minimum atomic E-state index is -0.299. The molecule has 29 heavy (non-hydrogen) atoms.